The van der Waals surface area contributed by atoms with Gasteiger partial charge in [-0.1, -0.05) is 13.2 Å². The summed E-state index contributed by atoms with van der Waals surface area (Å²) in [4.78, 5) is 18.2. The predicted octanol–water partition coefficient (Wildman–Crippen LogP) is 1.22. The molecule has 19 heavy (non-hydrogen) atoms. The largest absolute Gasteiger partial charge is 0.377 e. The third-order valence-corrected chi connectivity index (χ3v) is 1.64. The lowest BCUT2D eigenvalue weighted by Crippen LogP contribution is -2.12. The first kappa shape index (κ1) is 17.9. The van der Waals surface area contributed by atoms with E-state index in [1.165, 1.54) is 12.5 Å². The average Bonchev–Trinajstić information content (AvgIpc) is 2.43. The van der Waals surface area contributed by atoms with Gasteiger partial charge >= 0.3 is 0 Å². The van der Waals surface area contributed by atoms with Crippen molar-refractivity contribution in [3.63, 3.8) is 0 Å². The van der Waals surface area contributed by atoms with Crippen molar-refractivity contribution < 1.29 is 33.8 Å². The fraction of sp³-hybridized carbons (Fsp3) is 0.667. The molecule has 7 nitrogen and oxygen atoms in total. The summed E-state index contributed by atoms with van der Waals surface area (Å²) in [6, 6.07) is 0. The molecular formula is C12H22O7. The molecular weight excluding hydrogens is 256 g/mol. The zero-order valence-corrected chi connectivity index (χ0v) is 11.1. The molecule has 0 spiro atoms. The van der Waals surface area contributed by atoms with Crippen molar-refractivity contribution in [2.75, 3.05) is 52.9 Å². The Morgan fingerprint density at radius 3 is 1.16 bits per heavy atom. The van der Waals surface area contributed by atoms with Crippen LogP contribution in [0.5, 0.6) is 0 Å². The van der Waals surface area contributed by atoms with Crippen molar-refractivity contribution in [1.82, 2.24) is 0 Å². The van der Waals surface area contributed by atoms with Gasteiger partial charge in [0, 0.05) is 0 Å². The Morgan fingerprint density at radius 2 is 0.842 bits per heavy atom. The highest BCUT2D eigenvalue weighted by Gasteiger charge is 1.93. The maximum atomic E-state index is 5.26. The summed E-state index contributed by atoms with van der Waals surface area (Å²) in [6.07, 6.45) is 2.41. The van der Waals surface area contributed by atoms with Crippen LogP contribution in [0.15, 0.2) is 25.7 Å². The van der Waals surface area contributed by atoms with Crippen LogP contribution in [0.3, 0.4) is 0 Å². The van der Waals surface area contributed by atoms with Gasteiger partial charge in [-0.05, 0) is 0 Å². The second-order valence-corrected chi connectivity index (χ2v) is 3.01. The van der Waals surface area contributed by atoms with Crippen LogP contribution in [0.4, 0.5) is 0 Å². The Labute approximate surface area is 113 Å². The molecule has 112 valence electrons. The summed E-state index contributed by atoms with van der Waals surface area (Å²) in [6.45, 7) is 10.2. The molecule has 0 saturated heterocycles. The van der Waals surface area contributed by atoms with Crippen molar-refractivity contribution >= 4 is 0 Å². The lowest BCUT2D eigenvalue weighted by molar-refractivity contribution is -0.255. The Hall–Kier alpha value is -1.12. The molecule has 0 N–H and O–H groups in total. The summed E-state index contributed by atoms with van der Waals surface area (Å²) in [7, 11) is 0. The molecule has 0 unspecified atom stereocenters. The highest BCUT2D eigenvalue weighted by Crippen LogP contribution is 1.84. The fourth-order valence-corrected chi connectivity index (χ4v) is 0.920. The van der Waals surface area contributed by atoms with E-state index in [2.05, 4.69) is 32.7 Å². The van der Waals surface area contributed by atoms with Crippen LogP contribution < -0.4 is 0 Å². The first-order chi connectivity index (χ1) is 9.41. The molecule has 0 rings (SSSR count). The van der Waals surface area contributed by atoms with Crippen LogP contribution in [-0.2, 0) is 33.8 Å². The Bertz CT molecular complexity index is 179. The van der Waals surface area contributed by atoms with E-state index in [9.17, 15) is 0 Å². The standard InChI is InChI=1S/C12H22O7/c1-3-16-18-11-9-14-7-5-13-6-8-15-10-12-19-17-4-2/h3-4H,1-2,5-12H2. The SMILES string of the molecule is C=COOCCOCCOCCOCCOOC=C. The van der Waals surface area contributed by atoms with E-state index in [4.69, 9.17) is 14.2 Å². The van der Waals surface area contributed by atoms with Gasteiger partial charge < -0.3 is 24.0 Å². The van der Waals surface area contributed by atoms with Gasteiger partial charge in [0.05, 0.1) is 39.6 Å². The molecule has 0 saturated carbocycles. The topological polar surface area (TPSA) is 64.6 Å². The van der Waals surface area contributed by atoms with Crippen LogP contribution in [0.2, 0.25) is 0 Å². The number of ether oxygens (including phenoxy) is 3. The van der Waals surface area contributed by atoms with Crippen molar-refractivity contribution in [2.24, 2.45) is 0 Å². The maximum Gasteiger partial charge on any atom is 0.122 e. The van der Waals surface area contributed by atoms with Gasteiger partial charge in [0.15, 0.2) is 0 Å². The number of rotatable bonds is 16. The predicted molar refractivity (Wildman–Crippen MR) is 66.9 cm³/mol. The van der Waals surface area contributed by atoms with E-state index in [-0.39, 0.29) is 0 Å². The van der Waals surface area contributed by atoms with E-state index >= 15 is 0 Å². The van der Waals surface area contributed by atoms with Crippen LogP contribution in [-0.4, -0.2) is 52.9 Å². The van der Waals surface area contributed by atoms with Crippen molar-refractivity contribution in [3.05, 3.63) is 25.7 Å². The van der Waals surface area contributed by atoms with E-state index in [1.54, 1.807) is 0 Å². The molecule has 0 aromatic heterocycles. The van der Waals surface area contributed by atoms with Gasteiger partial charge in [0.1, 0.15) is 25.7 Å². The Morgan fingerprint density at radius 1 is 0.526 bits per heavy atom. The summed E-state index contributed by atoms with van der Waals surface area (Å²) in [5.41, 5.74) is 0. The molecule has 0 bridgehead atoms. The quantitative estimate of drug-likeness (QED) is 0.182. The minimum atomic E-state index is 0.349. The second-order valence-electron chi connectivity index (χ2n) is 3.01. The van der Waals surface area contributed by atoms with Gasteiger partial charge in [-0.15, -0.1) is 0 Å². The molecule has 0 radical (unpaired) electrons. The van der Waals surface area contributed by atoms with Gasteiger partial charge in [0.25, 0.3) is 0 Å². The minimum absolute atomic E-state index is 0.349. The second kappa shape index (κ2) is 16.9. The van der Waals surface area contributed by atoms with E-state index in [0.717, 1.165) is 0 Å². The van der Waals surface area contributed by atoms with Gasteiger partial charge in [-0.2, -0.15) is 9.78 Å². The summed E-state index contributed by atoms with van der Waals surface area (Å²) < 4.78 is 15.7. The first-order valence-electron chi connectivity index (χ1n) is 5.93. The van der Waals surface area contributed by atoms with Gasteiger partial charge in [0.2, 0.25) is 0 Å². The average molecular weight is 278 g/mol. The molecule has 0 aromatic rings. The highest BCUT2D eigenvalue weighted by molar-refractivity contribution is 4.43. The van der Waals surface area contributed by atoms with Crippen LogP contribution in [0, 0.1) is 0 Å². The molecule has 0 atom stereocenters. The molecule has 0 aromatic carbocycles. The summed E-state index contributed by atoms with van der Waals surface area (Å²) in [5.74, 6) is 0. The first-order valence-corrected chi connectivity index (χ1v) is 5.93. The van der Waals surface area contributed by atoms with E-state index < -0.39 is 0 Å². The molecule has 0 aliphatic heterocycles. The monoisotopic (exact) mass is 278 g/mol. The van der Waals surface area contributed by atoms with Crippen LogP contribution >= 0.6 is 0 Å². The summed E-state index contributed by atoms with van der Waals surface area (Å²) in [5, 5.41) is 0. The lowest BCUT2D eigenvalue weighted by atomic mass is 10.7. The molecule has 0 aliphatic rings. The van der Waals surface area contributed by atoms with Gasteiger partial charge in [-0.3, -0.25) is 0 Å². The zero-order valence-electron chi connectivity index (χ0n) is 11.1. The molecule has 7 heteroatoms. The van der Waals surface area contributed by atoms with E-state index in [1.807, 2.05) is 0 Å². The number of hydrogen-bond donors (Lipinski definition) is 0. The lowest BCUT2D eigenvalue weighted by Gasteiger charge is -2.06. The maximum absolute atomic E-state index is 5.26. The summed E-state index contributed by atoms with van der Waals surface area (Å²) >= 11 is 0. The molecule has 0 fully saturated rings. The van der Waals surface area contributed by atoms with E-state index in [0.29, 0.717) is 52.9 Å². The normalized spacial score (nSPS) is 10.1. The van der Waals surface area contributed by atoms with Crippen LogP contribution in [0.25, 0.3) is 0 Å². The van der Waals surface area contributed by atoms with Crippen LogP contribution in [0.1, 0.15) is 0 Å². The van der Waals surface area contributed by atoms with Crippen molar-refractivity contribution in [2.45, 2.75) is 0 Å². The molecule has 0 amide bonds. The Kier molecular flexibility index (Phi) is 15.9. The van der Waals surface area contributed by atoms with Gasteiger partial charge in [-0.25, -0.2) is 0 Å². The number of hydrogen-bond acceptors (Lipinski definition) is 7. The third-order valence-electron chi connectivity index (χ3n) is 1.64. The molecule has 0 heterocycles. The Balaban J connectivity index is 2.91. The third kappa shape index (κ3) is 16.9. The van der Waals surface area contributed by atoms with Crippen molar-refractivity contribution in [1.29, 1.82) is 0 Å². The zero-order chi connectivity index (χ0) is 14.0. The molecule has 0 aliphatic carbocycles. The smallest absolute Gasteiger partial charge is 0.122 e. The fourth-order valence-electron chi connectivity index (χ4n) is 0.920. The minimum Gasteiger partial charge on any atom is -0.377 e. The highest BCUT2D eigenvalue weighted by atomic mass is 17.2. The van der Waals surface area contributed by atoms with Crippen molar-refractivity contribution in [3.8, 4) is 0 Å².